The van der Waals surface area contributed by atoms with E-state index in [4.69, 9.17) is 4.74 Å². The van der Waals surface area contributed by atoms with Crippen molar-refractivity contribution in [2.24, 2.45) is 0 Å². The lowest BCUT2D eigenvalue weighted by atomic mass is 10.3. The van der Waals surface area contributed by atoms with Crippen molar-refractivity contribution in [1.29, 1.82) is 0 Å². The first-order chi connectivity index (χ1) is 9.24. The standard InChI is InChI=1S/C14H13NO4/c1-18-14(17)10-19-13-6-4-11(5-7-13)15-8-2-3-12(15)9-16/h2-9H,10H2,1H3. The monoisotopic (exact) mass is 259 g/mol. The lowest BCUT2D eigenvalue weighted by Crippen LogP contribution is -2.12. The fourth-order valence-corrected chi connectivity index (χ4v) is 1.63. The number of aromatic nitrogens is 1. The molecule has 0 bridgehead atoms. The molecule has 0 unspecified atom stereocenters. The minimum absolute atomic E-state index is 0.126. The maximum Gasteiger partial charge on any atom is 0.343 e. The Morgan fingerprint density at radius 2 is 2.00 bits per heavy atom. The number of carbonyl (C=O) groups is 2. The van der Waals surface area contributed by atoms with Gasteiger partial charge < -0.3 is 14.0 Å². The van der Waals surface area contributed by atoms with Crippen molar-refractivity contribution in [3.05, 3.63) is 48.3 Å². The Morgan fingerprint density at radius 3 is 2.63 bits per heavy atom. The number of rotatable bonds is 5. The number of nitrogens with zero attached hydrogens (tertiary/aromatic N) is 1. The third kappa shape index (κ3) is 3.01. The van der Waals surface area contributed by atoms with Gasteiger partial charge in [0.05, 0.1) is 12.8 Å². The van der Waals surface area contributed by atoms with E-state index in [0.717, 1.165) is 12.0 Å². The Labute approximate surface area is 110 Å². The van der Waals surface area contributed by atoms with Crippen molar-refractivity contribution < 1.29 is 19.1 Å². The van der Waals surface area contributed by atoms with E-state index in [-0.39, 0.29) is 6.61 Å². The molecule has 0 radical (unpaired) electrons. The molecule has 0 aliphatic rings. The van der Waals surface area contributed by atoms with Crippen molar-refractivity contribution in [1.82, 2.24) is 4.57 Å². The Hall–Kier alpha value is -2.56. The molecular weight excluding hydrogens is 246 g/mol. The van der Waals surface area contributed by atoms with E-state index in [2.05, 4.69) is 4.74 Å². The number of esters is 1. The van der Waals surface area contributed by atoms with Crippen LogP contribution in [0.3, 0.4) is 0 Å². The van der Waals surface area contributed by atoms with Crippen LogP contribution in [0.4, 0.5) is 0 Å². The van der Waals surface area contributed by atoms with Crippen LogP contribution in [-0.4, -0.2) is 30.5 Å². The highest BCUT2D eigenvalue weighted by Gasteiger charge is 2.04. The first-order valence-electron chi connectivity index (χ1n) is 5.67. The summed E-state index contributed by atoms with van der Waals surface area (Å²) in [6.45, 7) is -0.126. The highest BCUT2D eigenvalue weighted by Crippen LogP contribution is 2.17. The molecule has 0 amide bonds. The maximum atomic E-state index is 10.9. The van der Waals surface area contributed by atoms with Gasteiger partial charge in [0.25, 0.3) is 0 Å². The van der Waals surface area contributed by atoms with Gasteiger partial charge in [0.15, 0.2) is 12.9 Å². The minimum Gasteiger partial charge on any atom is -0.482 e. The van der Waals surface area contributed by atoms with Crippen LogP contribution in [0.2, 0.25) is 0 Å². The number of hydrogen-bond donors (Lipinski definition) is 0. The summed E-state index contributed by atoms with van der Waals surface area (Å²) in [7, 11) is 1.31. The van der Waals surface area contributed by atoms with Gasteiger partial charge in [-0.05, 0) is 36.4 Å². The van der Waals surface area contributed by atoms with Crippen LogP contribution in [0, 0.1) is 0 Å². The topological polar surface area (TPSA) is 57.5 Å². The summed E-state index contributed by atoms with van der Waals surface area (Å²) in [6, 6.07) is 10.6. The number of ether oxygens (including phenoxy) is 2. The SMILES string of the molecule is COC(=O)COc1ccc(-n2cccc2C=O)cc1. The third-order valence-electron chi connectivity index (χ3n) is 2.60. The average Bonchev–Trinajstić information content (AvgIpc) is 2.93. The molecule has 98 valence electrons. The van der Waals surface area contributed by atoms with Crippen molar-refractivity contribution in [2.45, 2.75) is 0 Å². The van der Waals surface area contributed by atoms with Crippen LogP contribution >= 0.6 is 0 Å². The van der Waals surface area contributed by atoms with Gasteiger partial charge in [0.2, 0.25) is 0 Å². The van der Waals surface area contributed by atoms with Gasteiger partial charge in [-0.3, -0.25) is 4.79 Å². The van der Waals surface area contributed by atoms with E-state index in [1.54, 1.807) is 47.2 Å². The van der Waals surface area contributed by atoms with E-state index < -0.39 is 5.97 Å². The minimum atomic E-state index is -0.433. The normalized spacial score (nSPS) is 9.95. The average molecular weight is 259 g/mol. The number of aldehydes is 1. The van der Waals surface area contributed by atoms with Crippen LogP contribution in [0.15, 0.2) is 42.6 Å². The molecule has 5 heteroatoms. The highest BCUT2D eigenvalue weighted by atomic mass is 16.6. The molecule has 0 N–H and O–H groups in total. The molecular formula is C14H13NO4. The Balaban J connectivity index is 2.10. The quantitative estimate of drug-likeness (QED) is 0.607. The summed E-state index contributed by atoms with van der Waals surface area (Å²) >= 11 is 0. The van der Waals surface area contributed by atoms with Gasteiger partial charge in [-0.15, -0.1) is 0 Å². The van der Waals surface area contributed by atoms with Crippen molar-refractivity contribution in [3.8, 4) is 11.4 Å². The summed E-state index contributed by atoms with van der Waals surface area (Å²) < 4.78 is 11.5. The molecule has 0 spiro atoms. The molecule has 5 nitrogen and oxygen atoms in total. The summed E-state index contributed by atoms with van der Waals surface area (Å²) in [5.74, 6) is 0.131. The molecule has 1 aromatic heterocycles. The molecule has 2 rings (SSSR count). The maximum absolute atomic E-state index is 10.9. The van der Waals surface area contributed by atoms with E-state index >= 15 is 0 Å². The van der Waals surface area contributed by atoms with Gasteiger partial charge >= 0.3 is 5.97 Å². The second-order valence-corrected chi connectivity index (χ2v) is 3.78. The first-order valence-corrected chi connectivity index (χ1v) is 5.67. The van der Waals surface area contributed by atoms with Crippen LogP contribution in [0.25, 0.3) is 5.69 Å². The Morgan fingerprint density at radius 1 is 1.26 bits per heavy atom. The van der Waals surface area contributed by atoms with Crippen molar-refractivity contribution in [2.75, 3.05) is 13.7 Å². The first kappa shape index (κ1) is 12.9. The zero-order valence-electron chi connectivity index (χ0n) is 10.4. The van der Waals surface area contributed by atoms with Gasteiger partial charge in [-0.25, -0.2) is 4.79 Å². The zero-order valence-corrected chi connectivity index (χ0v) is 10.4. The molecule has 0 saturated carbocycles. The molecule has 0 aliphatic heterocycles. The molecule has 1 heterocycles. The van der Waals surface area contributed by atoms with Crippen LogP contribution in [-0.2, 0) is 9.53 Å². The molecule has 0 fully saturated rings. The van der Waals surface area contributed by atoms with Crippen molar-refractivity contribution >= 4 is 12.3 Å². The molecule has 2 aromatic rings. The Bertz CT molecular complexity index is 571. The fraction of sp³-hybridized carbons (Fsp3) is 0.143. The number of hydrogen-bond acceptors (Lipinski definition) is 4. The molecule has 1 aromatic carbocycles. The smallest absolute Gasteiger partial charge is 0.343 e. The van der Waals surface area contributed by atoms with Gasteiger partial charge in [0, 0.05) is 11.9 Å². The lowest BCUT2D eigenvalue weighted by molar-refractivity contribution is -0.142. The number of methoxy groups -OCH3 is 1. The second kappa shape index (κ2) is 5.86. The predicted molar refractivity (Wildman–Crippen MR) is 68.7 cm³/mol. The van der Waals surface area contributed by atoms with Gasteiger partial charge in [-0.2, -0.15) is 0 Å². The summed E-state index contributed by atoms with van der Waals surface area (Å²) in [6.07, 6.45) is 2.59. The lowest BCUT2D eigenvalue weighted by Gasteiger charge is -2.08. The number of benzene rings is 1. The largest absolute Gasteiger partial charge is 0.482 e. The van der Waals surface area contributed by atoms with E-state index in [0.29, 0.717) is 11.4 Å². The van der Waals surface area contributed by atoms with Crippen LogP contribution in [0.1, 0.15) is 10.5 Å². The predicted octanol–water partition coefficient (Wildman–Crippen LogP) is 1.84. The number of carbonyl (C=O) groups excluding carboxylic acids is 2. The molecule has 19 heavy (non-hydrogen) atoms. The summed E-state index contributed by atoms with van der Waals surface area (Å²) in [4.78, 5) is 21.8. The van der Waals surface area contributed by atoms with Crippen LogP contribution in [0.5, 0.6) is 5.75 Å². The van der Waals surface area contributed by atoms with Gasteiger partial charge in [-0.1, -0.05) is 0 Å². The van der Waals surface area contributed by atoms with E-state index in [1.807, 2.05) is 0 Å². The van der Waals surface area contributed by atoms with Gasteiger partial charge in [0.1, 0.15) is 5.75 Å². The third-order valence-corrected chi connectivity index (χ3v) is 2.60. The van der Waals surface area contributed by atoms with Crippen molar-refractivity contribution in [3.63, 3.8) is 0 Å². The van der Waals surface area contributed by atoms with E-state index in [9.17, 15) is 9.59 Å². The molecule has 0 saturated heterocycles. The van der Waals surface area contributed by atoms with E-state index in [1.165, 1.54) is 7.11 Å². The summed E-state index contributed by atoms with van der Waals surface area (Å²) in [5.41, 5.74) is 1.42. The highest BCUT2D eigenvalue weighted by molar-refractivity contribution is 5.73. The van der Waals surface area contributed by atoms with Crippen LogP contribution < -0.4 is 4.74 Å². The molecule has 0 aliphatic carbocycles. The zero-order chi connectivity index (χ0) is 13.7. The fourth-order valence-electron chi connectivity index (χ4n) is 1.63. The second-order valence-electron chi connectivity index (χ2n) is 3.78. The summed E-state index contributed by atoms with van der Waals surface area (Å²) in [5, 5.41) is 0. The molecule has 0 atom stereocenters. The Kier molecular flexibility index (Phi) is 3.97.